The molecule has 0 aromatic heterocycles. The van der Waals surface area contributed by atoms with Crippen LogP contribution in [0.4, 0.5) is 0 Å². The first-order valence-corrected chi connectivity index (χ1v) is 51.6. The maximum atomic E-state index is 13.3. The van der Waals surface area contributed by atoms with Crippen molar-refractivity contribution in [1.82, 2.24) is 44.9 Å². The predicted octanol–water partition coefficient (Wildman–Crippen LogP) is 17.2. The van der Waals surface area contributed by atoms with Gasteiger partial charge in [0.15, 0.2) is 23.0 Å². The maximum absolute atomic E-state index is 13.3. The van der Waals surface area contributed by atoms with Crippen molar-refractivity contribution in [3.05, 3.63) is 229 Å². The van der Waals surface area contributed by atoms with Crippen molar-refractivity contribution in [2.24, 2.45) is 23.7 Å². The van der Waals surface area contributed by atoms with E-state index in [0.717, 1.165) is 141 Å². The van der Waals surface area contributed by atoms with E-state index >= 15 is 0 Å². The fourth-order valence-electron chi connectivity index (χ4n) is 19.5. The zero-order valence-corrected chi connectivity index (χ0v) is 89.0. The highest BCUT2D eigenvalue weighted by atomic mass is 16.7. The SMILES string of the molecule is CCCCN(CC)C(=O)CN1C[C@H](c2ccc(OC)cc2)[C@@H](C(=O)O)[C@@H]1CC.CCCCN(CCCN(C)C)C(=O)CN1C[C@H](c2ccc(OC)cc2)[C@@H](C(=O)O)[C@@H]1CC.CCCCNC(=O)CN1C[C@H](c2ccc(OC)cc2)[C@@H](C(=O)O)[C@@H]1CC.CCCCNC(=O)CN1C[C@H](c2ccc3c(c2)OCO3)[C@@H](C(=O)O)[C@@H]1CCOc1ccccc1OC.COc1ccccc1.COc1ccccc1.COc1ccccc1. The lowest BCUT2D eigenvalue weighted by molar-refractivity contribution is -0.144. The molecule has 5 aliphatic heterocycles. The van der Waals surface area contributed by atoms with Crippen LogP contribution in [-0.4, -0.2) is 302 Å². The van der Waals surface area contributed by atoms with Crippen LogP contribution in [0.5, 0.6) is 57.5 Å². The number of ether oxygens (including phenoxy) is 10. The molecule has 31 nitrogen and oxygen atoms in total. The minimum absolute atomic E-state index is 0.0311. The van der Waals surface area contributed by atoms with E-state index < -0.39 is 47.5 Å². The molecular weight excluding hydrogens is 1860 g/mol. The molecule has 5 aliphatic rings. The highest BCUT2D eigenvalue weighted by Crippen LogP contribution is 2.46. The van der Waals surface area contributed by atoms with E-state index in [1.807, 2.05) is 268 Å². The molecule has 800 valence electrons. The van der Waals surface area contributed by atoms with Crippen molar-refractivity contribution in [2.75, 3.05) is 175 Å². The highest BCUT2D eigenvalue weighted by Gasteiger charge is 2.51. The Kier molecular flexibility index (Phi) is 54.1. The fraction of sp³-hybridized carbons (Fsp3) is 0.513. The number of nitrogens with one attached hydrogen (secondary N) is 2. The number of carboxylic acid groups (broad SMARTS) is 4. The summed E-state index contributed by atoms with van der Waals surface area (Å²) in [4.78, 5) is 114. The Labute approximate surface area is 865 Å². The third kappa shape index (κ3) is 37.7. The maximum Gasteiger partial charge on any atom is 0.308 e. The second kappa shape index (κ2) is 65.7. The summed E-state index contributed by atoms with van der Waals surface area (Å²) in [7, 11) is 15.5. The zero-order chi connectivity index (χ0) is 106. The van der Waals surface area contributed by atoms with E-state index in [1.165, 1.54) is 0 Å². The van der Waals surface area contributed by atoms with Crippen LogP contribution in [0, 0.1) is 23.7 Å². The van der Waals surface area contributed by atoms with Gasteiger partial charge in [0.25, 0.3) is 0 Å². The molecule has 4 saturated heterocycles. The number of hydrogen-bond acceptors (Lipinski definition) is 23. The Balaban J connectivity index is 0.000000245. The lowest BCUT2D eigenvalue weighted by atomic mass is 9.84. The summed E-state index contributed by atoms with van der Waals surface area (Å²) < 4.78 is 52.7. The topological polar surface area (TPSA) is 357 Å². The van der Waals surface area contributed by atoms with Crippen LogP contribution in [0.25, 0.3) is 0 Å². The van der Waals surface area contributed by atoms with Gasteiger partial charge >= 0.3 is 23.9 Å². The van der Waals surface area contributed by atoms with Crippen LogP contribution in [-0.2, 0) is 38.4 Å². The summed E-state index contributed by atoms with van der Waals surface area (Å²) in [6.07, 6.45) is 11.4. The van der Waals surface area contributed by atoms with Crippen molar-refractivity contribution in [1.29, 1.82) is 0 Å². The molecule has 5 heterocycles. The van der Waals surface area contributed by atoms with Gasteiger partial charge in [0.1, 0.15) is 34.5 Å². The number of hydrogen-bond donors (Lipinski definition) is 6. The number of rotatable bonds is 47. The summed E-state index contributed by atoms with van der Waals surface area (Å²) in [6, 6.07) is 64.0. The second-order valence-corrected chi connectivity index (χ2v) is 37.0. The molecule has 31 heteroatoms. The largest absolute Gasteiger partial charge is 0.497 e. The van der Waals surface area contributed by atoms with Gasteiger partial charge in [-0.3, -0.25) is 58.0 Å². The number of likely N-dealkylation sites (N-methyl/N-ethyl adjacent to an activating group) is 1. The summed E-state index contributed by atoms with van der Waals surface area (Å²) >= 11 is 0. The number of unbranched alkanes of at least 4 members (excludes halogenated alkanes) is 4. The average molecular weight is 2020 g/mol. The van der Waals surface area contributed by atoms with Crippen LogP contribution < -0.4 is 58.0 Å². The molecule has 0 saturated carbocycles. The summed E-state index contributed by atoms with van der Waals surface area (Å²) in [5.74, 6) is 1.26. The van der Waals surface area contributed by atoms with Crippen molar-refractivity contribution in [3.8, 4) is 57.5 Å². The van der Waals surface area contributed by atoms with Crippen LogP contribution in [0.3, 0.4) is 0 Å². The minimum atomic E-state index is -0.895. The molecule has 6 N–H and O–H groups in total. The number of nitrogens with zero attached hydrogens (tertiary/aromatic N) is 7. The van der Waals surface area contributed by atoms with E-state index in [4.69, 9.17) is 47.4 Å². The summed E-state index contributed by atoms with van der Waals surface area (Å²) in [5.41, 5.74) is 3.81. The van der Waals surface area contributed by atoms with E-state index in [1.54, 1.807) is 49.8 Å². The molecule has 4 amide bonds. The van der Waals surface area contributed by atoms with Gasteiger partial charge in [-0.15, -0.1) is 0 Å². The van der Waals surface area contributed by atoms with E-state index in [0.29, 0.717) is 94.5 Å². The van der Waals surface area contributed by atoms with E-state index in [-0.39, 0.29) is 111 Å². The van der Waals surface area contributed by atoms with Crippen LogP contribution in [0.15, 0.2) is 206 Å². The number of para-hydroxylation sites is 5. The Morgan fingerprint density at radius 3 is 1.00 bits per heavy atom. The summed E-state index contributed by atoms with van der Waals surface area (Å²) in [5, 5.41) is 45.9. The monoisotopic (exact) mass is 2020 g/mol. The lowest BCUT2D eigenvalue weighted by Gasteiger charge is -2.29. The van der Waals surface area contributed by atoms with Gasteiger partial charge in [-0.05, 0) is 205 Å². The van der Waals surface area contributed by atoms with Crippen molar-refractivity contribution in [2.45, 2.75) is 187 Å². The molecule has 8 aromatic rings. The first kappa shape index (κ1) is 120. The molecule has 146 heavy (non-hydrogen) atoms. The summed E-state index contributed by atoms with van der Waals surface area (Å²) in [6.45, 7) is 25.1. The van der Waals surface area contributed by atoms with Gasteiger partial charge in [0.2, 0.25) is 30.4 Å². The number of methoxy groups -OCH3 is 7. The number of aliphatic carboxylic acids is 4. The molecule has 8 aromatic carbocycles. The smallest absolute Gasteiger partial charge is 0.308 e. The Morgan fingerprint density at radius 1 is 0.342 bits per heavy atom. The van der Waals surface area contributed by atoms with Crippen LogP contribution in [0.2, 0.25) is 0 Å². The predicted molar refractivity (Wildman–Crippen MR) is 569 cm³/mol. The number of benzene rings is 8. The quantitative estimate of drug-likeness (QED) is 0.0193. The number of likely N-dealkylation sites (tertiary alicyclic amines) is 4. The minimum Gasteiger partial charge on any atom is -0.497 e. The lowest BCUT2D eigenvalue weighted by Crippen LogP contribution is -2.44. The van der Waals surface area contributed by atoms with Gasteiger partial charge in [0.05, 0.1) is 106 Å². The fourth-order valence-corrected chi connectivity index (χ4v) is 19.5. The Bertz CT molecular complexity index is 5020. The normalized spacial score (nSPS) is 19.5. The third-order valence-electron chi connectivity index (χ3n) is 27.3. The van der Waals surface area contributed by atoms with Crippen molar-refractivity contribution < 1.29 is 106 Å². The number of carbonyl (C=O) groups excluding carboxylic acids is 4. The molecule has 4 fully saturated rings. The van der Waals surface area contributed by atoms with Crippen molar-refractivity contribution in [3.63, 3.8) is 0 Å². The van der Waals surface area contributed by atoms with Crippen LogP contribution >= 0.6 is 0 Å². The molecule has 0 bridgehead atoms. The standard InChI is InChI=1S/C27H34N2O7.C25H41N3O4.C22H34N2O4.C20H30N2O4.3C7H8O/c1-3-4-12-28-25(30)16-29-15-19(18-9-10-23-24(14-18)36-17-35-23)26(27(31)32)20(29)11-13-34-22-8-6-5-7-21(22)33-2;1-6-8-15-27(16-9-14-26(3)4)23(29)18-28-17-21(24(25(30)31)22(28)7-2)19-10-12-20(32-5)13-11-19;1-5-8-13-23(7-3)20(25)15-24-14-18(21(22(26)27)19(24)6-2)16-9-11-17(28-4)12-10-16;1-4-6-11-21-18(23)13-22-12-16(19(20(24)25)17(22)5-2)14-7-9-15(26-3)10-8-14;3*1-8-7-5-3-2-4-6-7/h5-10,14,19-20,26H,3-4,11-13,15-17H2,1-2H3,(H,28,30)(H,31,32);10-13,21-22,24H,6-9,14-18H2,1-5H3,(H,30,31);9-12,18-19,21H,5-8,13-15H2,1-4H3,(H,26,27);7-10,16-17,19H,4-6,11-13H2,1-3H3,(H,21,23)(H,24,25);3*2-6H,1H3/t19-,20+,26-;21-,22+,24-;18-,19+,21-;16-,17+,19-;;;/m1111.../s1. The zero-order valence-electron chi connectivity index (χ0n) is 89.0. The van der Waals surface area contributed by atoms with E-state index in [2.05, 4.69) is 53.0 Å². The number of carbonyl (C=O) groups is 8. The average Bonchev–Trinajstić information content (AvgIpc) is 1.65. The van der Waals surface area contributed by atoms with Crippen LogP contribution in [0.1, 0.15) is 185 Å². The first-order chi connectivity index (χ1) is 70.6. The Hall–Kier alpha value is -12.7. The number of amides is 4. The molecule has 13 rings (SSSR count). The van der Waals surface area contributed by atoms with Gasteiger partial charge in [-0.2, -0.15) is 0 Å². The molecule has 0 radical (unpaired) electrons. The van der Waals surface area contributed by atoms with Gasteiger partial charge in [-0.1, -0.05) is 183 Å². The third-order valence-corrected chi connectivity index (χ3v) is 27.3. The second-order valence-electron chi connectivity index (χ2n) is 37.0. The molecular formula is C115H163N9O22. The van der Waals surface area contributed by atoms with Gasteiger partial charge < -0.3 is 93.1 Å². The highest BCUT2D eigenvalue weighted by molar-refractivity contribution is 5.82. The van der Waals surface area contributed by atoms with Crippen molar-refractivity contribution >= 4 is 47.5 Å². The number of fused-ring (bicyclic) bond motifs is 1. The van der Waals surface area contributed by atoms with Gasteiger partial charge in [0, 0.05) is 113 Å². The van der Waals surface area contributed by atoms with Gasteiger partial charge in [-0.25, -0.2) is 0 Å². The molecule has 12 atom stereocenters. The first-order valence-electron chi connectivity index (χ1n) is 51.6. The Morgan fingerprint density at radius 2 is 0.658 bits per heavy atom. The molecule has 0 aliphatic carbocycles. The number of carboxylic acids is 4. The van der Waals surface area contributed by atoms with E-state index in [9.17, 15) is 58.8 Å². The molecule has 0 unspecified atom stereocenters. The molecule has 0 spiro atoms.